The van der Waals surface area contributed by atoms with Crippen LogP contribution in [-0.4, -0.2) is 33.9 Å². The van der Waals surface area contributed by atoms with Gasteiger partial charge in [0.15, 0.2) is 11.5 Å². The highest BCUT2D eigenvalue weighted by Crippen LogP contribution is 2.40. The van der Waals surface area contributed by atoms with Crippen molar-refractivity contribution in [3.63, 3.8) is 0 Å². The molecule has 1 aliphatic heterocycles. The molecule has 18 heavy (non-hydrogen) atoms. The third kappa shape index (κ3) is 2.44. The van der Waals surface area contributed by atoms with Crippen LogP contribution in [-0.2, 0) is 0 Å². The second kappa shape index (κ2) is 6.07. The Morgan fingerprint density at radius 1 is 1.33 bits per heavy atom. The summed E-state index contributed by atoms with van der Waals surface area (Å²) in [6, 6.07) is 6.08. The predicted molar refractivity (Wildman–Crippen MR) is 72.3 cm³/mol. The Morgan fingerprint density at radius 2 is 2.17 bits per heavy atom. The van der Waals surface area contributed by atoms with Crippen LogP contribution in [0.1, 0.15) is 17.9 Å². The fourth-order valence-corrected chi connectivity index (χ4v) is 2.78. The molecule has 0 spiro atoms. The highest BCUT2D eigenvalue weighted by molar-refractivity contribution is 5.48. The Kier molecular flexibility index (Phi) is 4.44. The Hall–Kier alpha value is -1.26. The molecule has 0 aliphatic carbocycles. The first-order chi connectivity index (χ1) is 8.81. The summed E-state index contributed by atoms with van der Waals surface area (Å²) >= 11 is 0. The normalized spacial score (nSPS) is 23.7. The summed E-state index contributed by atoms with van der Waals surface area (Å²) in [7, 11) is 3.37. The third-order valence-corrected chi connectivity index (χ3v) is 3.74. The van der Waals surface area contributed by atoms with E-state index < -0.39 is 0 Å². The van der Waals surface area contributed by atoms with Gasteiger partial charge in [0.05, 0.1) is 14.2 Å². The lowest BCUT2D eigenvalue weighted by Crippen LogP contribution is -2.39. The lowest BCUT2D eigenvalue weighted by atomic mass is 9.80. The SMILES string of the molecule is COc1cccc(C2CCNCC2CN)c1OC. The molecule has 0 radical (unpaired) electrons. The monoisotopic (exact) mass is 250 g/mol. The zero-order chi connectivity index (χ0) is 13.0. The number of nitrogens with one attached hydrogen (secondary N) is 1. The van der Waals surface area contributed by atoms with E-state index >= 15 is 0 Å². The number of hydrogen-bond acceptors (Lipinski definition) is 4. The molecule has 0 saturated carbocycles. The van der Waals surface area contributed by atoms with E-state index in [1.165, 1.54) is 5.56 Å². The second-order valence-corrected chi connectivity index (χ2v) is 4.68. The molecule has 1 aromatic rings. The summed E-state index contributed by atoms with van der Waals surface area (Å²) in [6.45, 7) is 2.70. The molecule has 0 aromatic heterocycles. The number of para-hydroxylation sites is 1. The summed E-state index contributed by atoms with van der Waals surface area (Å²) in [5.74, 6) is 2.55. The Bertz CT molecular complexity index is 395. The van der Waals surface area contributed by atoms with Crippen LogP contribution in [0.5, 0.6) is 11.5 Å². The zero-order valence-corrected chi connectivity index (χ0v) is 11.1. The molecule has 2 atom stereocenters. The molecule has 2 rings (SSSR count). The van der Waals surface area contributed by atoms with E-state index in [4.69, 9.17) is 15.2 Å². The maximum atomic E-state index is 5.88. The van der Waals surface area contributed by atoms with Gasteiger partial charge in [-0.15, -0.1) is 0 Å². The van der Waals surface area contributed by atoms with Crippen molar-refractivity contribution in [3.8, 4) is 11.5 Å². The van der Waals surface area contributed by atoms with E-state index in [0.717, 1.165) is 31.0 Å². The number of rotatable bonds is 4. The topological polar surface area (TPSA) is 56.5 Å². The summed E-state index contributed by atoms with van der Waals surface area (Å²) in [5.41, 5.74) is 7.10. The first-order valence-corrected chi connectivity index (χ1v) is 6.43. The van der Waals surface area contributed by atoms with Crippen molar-refractivity contribution < 1.29 is 9.47 Å². The quantitative estimate of drug-likeness (QED) is 0.847. The van der Waals surface area contributed by atoms with Gasteiger partial charge in [0.2, 0.25) is 0 Å². The van der Waals surface area contributed by atoms with Crippen LogP contribution < -0.4 is 20.5 Å². The number of nitrogens with two attached hydrogens (primary N) is 1. The highest BCUT2D eigenvalue weighted by Gasteiger charge is 2.28. The average Bonchev–Trinajstić information content (AvgIpc) is 2.46. The molecule has 1 fully saturated rings. The van der Waals surface area contributed by atoms with Crippen molar-refractivity contribution in [2.45, 2.75) is 12.3 Å². The molecule has 3 N–H and O–H groups in total. The number of methoxy groups -OCH3 is 2. The molecule has 0 bridgehead atoms. The fourth-order valence-electron chi connectivity index (χ4n) is 2.78. The van der Waals surface area contributed by atoms with Crippen LogP contribution in [0.4, 0.5) is 0 Å². The predicted octanol–water partition coefficient (Wildman–Crippen LogP) is 1.36. The summed E-state index contributed by atoms with van der Waals surface area (Å²) < 4.78 is 10.9. The number of hydrogen-bond donors (Lipinski definition) is 2. The van der Waals surface area contributed by atoms with Crippen molar-refractivity contribution in [1.82, 2.24) is 5.32 Å². The lowest BCUT2D eigenvalue weighted by Gasteiger charge is -2.32. The van der Waals surface area contributed by atoms with Gasteiger partial charge in [-0.1, -0.05) is 12.1 Å². The molecule has 4 nitrogen and oxygen atoms in total. The zero-order valence-electron chi connectivity index (χ0n) is 11.1. The Morgan fingerprint density at radius 3 is 2.83 bits per heavy atom. The van der Waals surface area contributed by atoms with Gasteiger partial charge in [-0.25, -0.2) is 0 Å². The summed E-state index contributed by atoms with van der Waals surface area (Å²) in [5, 5.41) is 3.40. The Balaban J connectivity index is 2.36. The van der Waals surface area contributed by atoms with Crippen molar-refractivity contribution in [3.05, 3.63) is 23.8 Å². The van der Waals surface area contributed by atoms with Gasteiger partial charge in [-0.2, -0.15) is 0 Å². The van der Waals surface area contributed by atoms with Crippen LogP contribution in [0.15, 0.2) is 18.2 Å². The smallest absolute Gasteiger partial charge is 0.164 e. The van der Waals surface area contributed by atoms with E-state index in [9.17, 15) is 0 Å². The van der Waals surface area contributed by atoms with Crippen LogP contribution in [0.3, 0.4) is 0 Å². The molecular formula is C14H22N2O2. The van der Waals surface area contributed by atoms with Crippen molar-refractivity contribution in [1.29, 1.82) is 0 Å². The van der Waals surface area contributed by atoms with Crippen LogP contribution in [0.25, 0.3) is 0 Å². The maximum absolute atomic E-state index is 5.88. The van der Waals surface area contributed by atoms with Crippen molar-refractivity contribution in [2.24, 2.45) is 11.7 Å². The van der Waals surface area contributed by atoms with E-state index in [0.29, 0.717) is 18.4 Å². The van der Waals surface area contributed by atoms with Crippen LogP contribution >= 0.6 is 0 Å². The molecule has 1 aromatic carbocycles. The third-order valence-electron chi connectivity index (χ3n) is 3.74. The van der Waals surface area contributed by atoms with Crippen LogP contribution in [0.2, 0.25) is 0 Å². The second-order valence-electron chi connectivity index (χ2n) is 4.68. The van der Waals surface area contributed by atoms with Gasteiger partial charge in [-0.05, 0) is 44.0 Å². The van der Waals surface area contributed by atoms with E-state index in [1.54, 1.807) is 14.2 Å². The van der Waals surface area contributed by atoms with Gasteiger partial charge in [0, 0.05) is 5.56 Å². The molecule has 0 amide bonds. The van der Waals surface area contributed by atoms with Gasteiger partial charge in [0.1, 0.15) is 0 Å². The number of benzene rings is 1. The highest BCUT2D eigenvalue weighted by atomic mass is 16.5. The molecule has 4 heteroatoms. The maximum Gasteiger partial charge on any atom is 0.164 e. The average molecular weight is 250 g/mol. The molecule has 1 saturated heterocycles. The minimum absolute atomic E-state index is 0.446. The first-order valence-electron chi connectivity index (χ1n) is 6.43. The molecule has 1 aliphatic rings. The van der Waals surface area contributed by atoms with E-state index in [-0.39, 0.29) is 0 Å². The van der Waals surface area contributed by atoms with Crippen molar-refractivity contribution in [2.75, 3.05) is 33.9 Å². The van der Waals surface area contributed by atoms with Crippen molar-refractivity contribution >= 4 is 0 Å². The summed E-state index contributed by atoms with van der Waals surface area (Å²) in [6.07, 6.45) is 1.09. The molecule has 100 valence electrons. The number of ether oxygens (including phenoxy) is 2. The standard InChI is InChI=1S/C14H22N2O2/c1-17-13-5-3-4-12(14(13)18-2)11-6-7-16-9-10(11)8-15/h3-5,10-11,16H,6-9,15H2,1-2H3. The summed E-state index contributed by atoms with van der Waals surface area (Å²) in [4.78, 5) is 0. The number of piperidine rings is 1. The Labute approximate surface area is 108 Å². The van der Waals surface area contributed by atoms with Crippen LogP contribution in [0, 0.1) is 5.92 Å². The van der Waals surface area contributed by atoms with Gasteiger partial charge in [0.25, 0.3) is 0 Å². The minimum Gasteiger partial charge on any atom is -0.493 e. The minimum atomic E-state index is 0.446. The lowest BCUT2D eigenvalue weighted by molar-refractivity contribution is 0.310. The fraction of sp³-hybridized carbons (Fsp3) is 0.571. The molecule has 2 unspecified atom stereocenters. The van der Waals surface area contributed by atoms with Gasteiger partial charge < -0.3 is 20.5 Å². The van der Waals surface area contributed by atoms with Gasteiger partial charge >= 0.3 is 0 Å². The molecular weight excluding hydrogens is 228 g/mol. The molecule has 1 heterocycles. The van der Waals surface area contributed by atoms with E-state index in [2.05, 4.69) is 11.4 Å². The van der Waals surface area contributed by atoms with E-state index in [1.807, 2.05) is 12.1 Å². The van der Waals surface area contributed by atoms with Gasteiger partial charge in [-0.3, -0.25) is 0 Å². The largest absolute Gasteiger partial charge is 0.493 e. The first kappa shape index (κ1) is 13.2.